The Kier molecular flexibility index (Phi) is 4.53. The van der Waals surface area contributed by atoms with Gasteiger partial charge in [0.05, 0.1) is 22.7 Å². The maximum Gasteiger partial charge on any atom is 0.242 e. The molecule has 0 N–H and O–H groups in total. The first kappa shape index (κ1) is 16.9. The van der Waals surface area contributed by atoms with Crippen molar-refractivity contribution in [3.05, 3.63) is 26.9 Å². The zero-order valence-corrected chi connectivity index (χ0v) is 16.2. The Bertz CT molecular complexity index is 825. The minimum Gasteiger partial charge on any atom is -0.494 e. The molecule has 0 unspecified atom stereocenters. The number of anilines is 1. The van der Waals surface area contributed by atoms with Crippen LogP contribution < -0.4 is 9.64 Å². The van der Waals surface area contributed by atoms with Crippen molar-refractivity contribution in [1.82, 2.24) is 0 Å². The van der Waals surface area contributed by atoms with E-state index in [9.17, 15) is 4.79 Å². The summed E-state index contributed by atoms with van der Waals surface area (Å²) in [7, 11) is 3.20. The topological polar surface area (TPSA) is 29.5 Å². The number of alkyl halides is 1. The quantitative estimate of drug-likeness (QED) is 0.401. The van der Waals surface area contributed by atoms with E-state index >= 15 is 0 Å². The van der Waals surface area contributed by atoms with Crippen molar-refractivity contribution >= 4 is 56.1 Å². The molecule has 1 aliphatic rings. The molecule has 2 heterocycles. The minimum atomic E-state index is -0.473. The maximum atomic E-state index is 12.5. The first-order valence-corrected chi connectivity index (χ1v) is 10.3. The Hall–Kier alpha value is -0.950. The fraction of sp³-hybridized carbons (Fsp3) is 0.375. The van der Waals surface area contributed by atoms with Crippen molar-refractivity contribution < 1.29 is 9.53 Å². The van der Waals surface area contributed by atoms with E-state index in [1.807, 2.05) is 39.0 Å². The summed E-state index contributed by atoms with van der Waals surface area (Å²) in [6.45, 7) is 6.61. The third kappa shape index (κ3) is 2.61. The average Bonchev–Trinajstić information content (AvgIpc) is 2.91. The lowest BCUT2D eigenvalue weighted by molar-refractivity contribution is -0.117. The summed E-state index contributed by atoms with van der Waals surface area (Å²) in [5.74, 6) is 0.610. The molecule has 0 saturated carbocycles. The van der Waals surface area contributed by atoms with E-state index in [1.54, 1.807) is 25.6 Å². The number of fused-ring (bicyclic) bond motifs is 3. The molecule has 0 atom stereocenters. The van der Waals surface area contributed by atoms with Crippen LogP contribution in [0.1, 0.15) is 25.6 Å². The fourth-order valence-corrected chi connectivity index (χ4v) is 6.37. The molecule has 1 aromatic carbocycles. The van der Waals surface area contributed by atoms with Gasteiger partial charge in [-0.15, -0.1) is 11.6 Å². The molecule has 23 heavy (non-hydrogen) atoms. The van der Waals surface area contributed by atoms with Crippen molar-refractivity contribution in [2.45, 2.75) is 26.3 Å². The van der Waals surface area contributed by atoms with Gasteiger partial charge in [0.1, 0.15) is 15.5 Å². The van der Waals surface area contributed by atoms with Crippen molar-refractivity contribution in [3.8, 4) is 16.9 Å². The summed E-state index contributed by atoms with van der Waals surface area (Å²) in [5, 5.41) is 0. The molecule has 1 amide bonds. The molecule has 0 bridgehead atoms. The van der Waals surface area contributed by atoms with E-state index < -0.39 is 5.54 Å². The molecule has 0 aliphatic carbocycles. The van der Waals surface area contributed by atoms with E-state index in [-0.39, 0.29) is 11.8 Å². The van der Waals surface area contributed by atoms with Gasteiger partial charge in [-0.1, -0.05) is 32.9 Å². The van der Waals surface area contributed by atoms with E-state index in [2.05, 4.69) is 0 Å². The van der Waals surface area contributed by atoms with Gasteiger partial charge < -0.3 is 9.64 Å². The summed E-state index contributed by atoms with van der Waals surface area (Å²) in [4.78, 5) is 15.4. The summed E-state index contributed by atoms with van der Waals surface area (Å²) in [6, 6.07) is 5.78. The number of ether oxygens (including phenoxy) is 1. The van der Waals surface area contributed by atoms with Gasteiger partial charge in [0.15, 0.2) is 0 Å². The number of nitrogens with zero attached hydrogens (tertiary/aromatic N) is 1. The van der Waals surface area contributed by atoms with Gasteiger partial charge in [-0.2, -0.15) is 0 Å². The van der Waals surface area contributed by atoms with E-state index in [4.69, 9.17) is 28.6 Å². The molecule has 7 heteroatoms. The van der Waals surface area contributed by atoms with Crippen LogP contribution in [0, 0.1) is 3.82 Å². The summed E-state index contributed by atoms with van der Waals surface area (Å²) >= 11 is 11.4. The average molecular weight is 386 g/mol. The lowest BCUT2D eigenvalue weighted by Crippen LogP contribution is -2.48. The van der Waals surface area contributed by atoms with Gasteiger partial charge in [0.2, 0.25) is 5.91 Å². The highest BCUT2D eigenvalue weighted by Gasteiger charge is 2.42. The molecule has 122 valence electrons. The summed E-state index contributed by atoms with van der Waals surface area (Å²) in [6.07, 6.45) is 0. The van der Waals surface area contributed by atoms with Crippen LogP contribution >= 0.6 is 44.5 Å². The Morgan fingerprint density at radius 3 is 2.78 bits per heavy atom. The van der Waals surface area contributed by atoms with Crippen LogP contribution in [0.15, 0.2) is 18.2 Å². The van der Waals surface area contributed by atoms with Gasteiger partial charge in [-0.05, 0) is 39.0 Å². The number of benzene rings is 1. The highest BCUT2D eigenvalue weighted by Crippen LogP contribution is 2.52. The van der Waals surface area contributed by atoms with Crippen LogP contribution in [0.25, 0.3) is 11.1 Å². The van der Waals surface area contributed by atoms with Gasteiger partial charge in [0.25, 0.3) is 0 Å². The second-order valence-electron chi connectivity index (χ2n) is 5.69. The molecule has 0 fully saturated rings. The number of hydrogen-bond donors (Lipinski definition) is 0. The molecule has 3 rings (SSSR count). The smallest absolute Gasteiger partial charge is 0.242 e. The second kappa shape index (κ2) is 6.16. The molecular formula is C16H16ClNO2S3. The molecule has 3 nitrogen and oxygen atoms in total. The van der Waals surface area contributed by atoms with Crippen molar-refractivity contribution in [3.63, 3.8) is 0 Å². The first-order valence-electron chi connectivity index (χ1n) is 7.21. The lowest BCUT2D eigenvalue weighted by atomic mass is 9.87. The van der Waals surface area contributed by atoms with E-state index in [1.165, 1.54) is 0 Å². The van der Waals surface area contributed by atoms with Gasteiger partial charge in [0, 0.05) is 11.1 Å². The molecule has 0 spiro atoms. The number of amides is 1. The predicted molar refractivity (Wildman–Crippen MR) is 101 cm³/mol. The second-order valence-corrected chi connectivity index (χ2v) is 8.78. The molecule has 2 aromatic rings. The van der Waals surface area contributed by atoms with E-state index in [0.717, 1.165) is 31.3 Å². The van der Waals surface area contributed by atoms with Crippen LogP contribution in [0.2, 0.25) is 0 Å². The zero-order valence-electron chi connectivity index (χ0n) is 13.0. The number of halogens is 1. The number of hydrogen-bond acceptors (Lipinski definition) is 5. The van der Waals surface area contributed by atoms with Gasteiger partial charge in [-0.25, -0.2) is 0 Å². The highest BCUT2D eigenvalue weighted by atomic mass is 35.5. The number of carbonyl (C=O) groups excluding carboxylic acids is 1. The Morgan fingerprint density at radius 2 is 2.13 bits per heavy atom. The van der Waals surface area contributed by atoms with Crippen molar-refractivity contribution in [2.24, 2.45) is 0 Å². The Labute approximate surface area is 152 Å². The van der Waals surface area contributed by atoms with Gasteiger partial charge in [-0.3, -0.25) is 4.79 Å². The zero-order chi connectivity index (χ0) is 16.8. The summed E-state index contributed by atoms with van der Waals surface area (Å²) < 4.78 is 6.47. The van der Waals surface area contributed by atoms with Crippen molar-refractivity contribution in [1.29, 1.82) is 0 Å². The van der Waals surface area contributed by atoms with Crippen LogP contribution in [0.3, 0.4) is 0 Å². The Balaban J connectivity index is 2.31. The first-order chi connectivity index (χ1) is 10.9. The predicted octanol–water partition coefficient (Wildman–Crippen LogP) is 5.43. The lowest BCUT2D eigenvalue weighted by Gasteiger charge is -2.42. The molecule has 1 aliphatic heterocycles. The largest absolute Gasteiger partial charge is 0.494 e. The van der Waals surface area contributed by atoms with Crippen LogP contribution in [0.4, 0.5) is 5.69 Å². The van der Waals surface area contributed by atoms with Gasteiger partial charge >= 0.3 is 0 Å². The third-order valence-corrected chi connectivity index (χ3v) is 7.46. The SMILES string of the molecule is CCOc1ccc2c(c1)-c1c(ssc1=S)C(C)(C)N2C(=O)CCl. The fourth-order valence-electron chi connectivity index (χ4n) is 2.97. The summed E-state index contributed by atoms with van der Waals surface area (Å²) in [5.41, 5.74) is 2.37. The third-order valence-electron chi connectivity index (χ3n) is 3.90. The van der Waals surface area contributed by atoms with Crippen molar-refractivity contribution in [2.75, 3.05) is 17.4 Å². The number of carbonyl (C=O) groups is 1. The molecule has 0 saturated heterocycles. The Morgan fingerprint density at radius 1 is 1.39 bits per heavy atom. The molecule has 1 aromatic heterocycles. The van der Waals surface area contributed by atoms with Crippen LogP contribution in [0.5, 0.6) is 5.75 Å². The van der Waals surface area contributed by atoms with Crippen LogP contribution in [-0.4, -0.2) is 18.4 Å². The number of rotatable bonds is 3. The maximum absolute atomic E-state index is 12.5. The standard InChI is InChI=1S/C16H16ClNO2S3/c1-4-20-9-5-6-11-10(7-9)13-14(22-23-15(13)21)16(2,3)18(11)12(19)8-17/h5-7H,4,8H2,1-3H3. The van der Waals surface area contributed by atoms with Crippen LogP contribution in [-0.2, 0) is 10.3 Å². The molecular weight excluding hydrogens is 370 g/mol. The normalized spacial score (nSPS) is 15.0. The minimum absolute atomic E-state index is 0.0546. The van der Waals surface area contributed by atoms with E-state index in [0.29, 0.717) is 6.61 Å². The highest BCUT2D eigenvalue weighted by molar-refractivity contribution is 7.80. The molecule has 0 radical (unpaired) electrons. The monoisotopic (exact) mass is 385 g/mol.